The van der Waals surface area contributed by atoms with Gasteiger partial charge < -0.3 is 9.64 Å². The standard InChI is InChI=1S/C16H23N3O3/c1-16(2,3)22-15(20)19-8-4-5-11-9-12(14(17)18-21)6-7-13(11)10-19/h6-7,9,21H,4-5,8,10H2,1-3H3,(H2,17,18). The fourth-order valence-corrected chi connectivity index (χ4v) is 2.46. The SMILES string of the molecule is CC(C)(C)OC(=O)N1CCCc2cc(C(=N)NO)ccc2C1. The van der Waals surface area contributed by atoms with Gasteiger partial charge in [-0.2, -0.15) is 0 Å². The van der Waals surface area contributed by atoms with Crippen molar-refractivity contribution in [1.29, 1.82) is 5.41 Å². The maximum Gasteiger partial charge on any atom is 0.410 e. The number of ether oxygens (including phenoxy) is 1. The van der Waals surface area contributed by atoms with Gasteiger partial charge in [0.15, 0.2) is 0 Å². The van der Waals surface area contributed by atoms with Crippen LogP contribution < -0.4 is 5.48 Å². The molecular weight excluding hydrogens is 282 g/mol. The summed E-state index contributed by atoms with van der Waals surface area (Å²) in [4.78, 5) is 13.9. The zero-order chi connectivity index (χ0) is 16.3. The normalized spacial score (nSPS) is 14.8. The molecule has 0 aliphatic carbocycles. The van der Waals surface area contributed by atoms with Crippen LogP contribution in [0.3, 0.4) is 0 Å². The molecule has 0 saturated carbocycles. The summed E-state index contributed by atoms with van der Waals surface area (Å²) in [5.74, 6) is -0.0314. The Morgan fingerprint density at radius 1 is 1.36 bits per heavy atom. The summed E-state index contributed by atoms with van der Waals surface area (Å²) in [5.41, 5.74) is 4.14. The summed E-state index contributed by atoms with van der Waals surface area (Å²) in [6.45, 7) is 6.72. The largest absolute Gasteiger partial charge is 0.444 e. The Bertz CT molecular complexity index is 578. The molecule has 0 atom stereocenters. The molecule has 120 valence electrons. The lowest BCUT2D eigenvalue weighted by Crippen LogP contribution is -2.36. The Morgan fingerprint density at radius 2 is 2.09 bits per heavy atom. The number of benzene rings is 1. The molecule has 6 nitrogen and oxygen atoms in total. The molecule has 0 aromatic heterocycles. The van der Waals surface area contributed by atoms with E-state index in [0.29, 0.717) is 18.7 Å². The van der Waals surface area contributed by atoms with Gasteiger partial charge in [0.1, 0.15) is 11.4 Å². The van der Waals surface area contributed by atoms with E-state index in [9.17, 15) is 4.79 Å². The Kier molecular flexibility index (Phi) is 4.71. The van der Waals surface area contributed by atoms with Crippen molar-refractivity contribution in [2.45, 2.75) is 45.8 Å². The van der Waals surface area contributed by atoms with Gasteiger partial charge in [0.05, 0.1) is 0 Å². The third-order valence-electron chi connectivity index (χ3n) is 3.49. The van der Waals surface area contributed by atoms with Crippen molar-refractivity contribution in [3.63, 3.8) is 0 Å². The average molecular weight is 305 g/mol. The summed E-state index contributed by atoms with van der Waals surface area (Å²) >= 11 is 0. The van der Waals surface area contributed by atoms with E-state index in [2.05, 4.69) is 0 Å². The second-order valence-corrected chi connectivity index (χ2v) is 6.48. The molecule has 0 radical (unpaired) electrons. The summed E-state index contributed by atoms with van der Waals surface area (Å²) < 4.78 is 5.44. The second kappa shape index (κ2) is 6.36. The number of hydroxylamine groups is 1. The maximum atomic E-state index is 12.2. The van der Waals surface area contributed by atoms with Crippen molar-refractivity contribution in [2.75, 3.05) is 6.54 Å². The van der Waals surface area contributed by atoms with Crippen molar-refractivity contribution in [2.24, 2.45) is 0 Å². The molecule has 2 rings (SSSR count). The number of carbonyl (C=O) groups excluding carboxylic acids is 1. The van der Waals surface area contributed by atoms with E-state index in [1.165, 1.54) is 0 Å². The van der Waals surface area contributed by atoms with E-state index in [0.717, 1.165) is 24.0 Å². The fourth-order valence-electron chi connectivity index (χ4n) is 2.46. The summed E-state index contributed by atoms with van der Waals surface area (Å²) in [6.07, 6.45) is 1.38. The molecule has 1 amide bonds. The van der Waals surface area contributed by atoms with Gasteiger partial charge in [0.25, 0.3) is 0 Å². The predicted octanol–water partition coefficient (Wildman–Crippen LogP) is 2.67. The lowest BCUT2D eigenvalue weighted by molar-refractivity contribution is 0.0237. The van der Waals surface area contributed by atoms with E-state index in [4.69, 9.17) is 15.4 Å². The van der Waals surface area contributed by atoms with Gasteiger partial charge in [-0.1, -0.05) is 12.1 Å². The minimum absolute atomic E-state index is 0.0314. The van der Waals surface area contributed by atoms with Crippen LogP contribution in [0.15, 0.2) is 18.2 Å². The lowest BCUT2D eigenvalue weighted by atomic mass is 10.0. The van der Waals surface area contributed by atoms with E-state index in [1.807, 2.05) is 38.4 Å². The first-order valence-electron chi connectivity index (χ1n) is 7.39. The maximum absolute atomic E-state index is 12.2. The van der Waals surface area contributed by atoms with Gasteiger partial charge in [0, 0.05) is 18.7 Å². The molecular formula is C16H23N3O3. The van der Waals surface area contributed by atoms with Crippen LogP contribution in [0.2, 0.25) is 0 Å². The first-order valence-corrected chi connectivity index (χ1v) is 7.39. The number of aryl methyl sites for hydroxylation is 1. The van der Waals surface area contributed by atoms with E-state index in [1.54, 1.807) is 11.0 Å². The quantitative estimate of drug-likeness (QED) is 0.423. The number of carbonyl (C=O) groups is 1. The van der Waals surface area contributed by atoms with Crippen molar-refractivity contribution < 1.29 is 14.7 Å². The Balaban J connectivity index is 2.17. The first kappa shape index (κ1) is 16.3. The average Bonchev–Trinajstić information content (AvgIpc) is 2.66. The topological polar surface area (TPSA) is 85.7 Å². The molecule has 0 fully saturated rings. The van der Waals surface area contributed by atoms with Gasteiger partial charge in [-0.15, -0.1) is 0 Å². The number of rotatable bonds is 1. The minimum Gasteiger partial charge on any atom is -0.444 e. The Hall–Kier alpha value is -2.08. The molecule has 1 heterocycles. The monoisotopic (exact) mass is 305 g/mol. The second-order valence-electron chi connectivity index (χ2n) is 6.48. The minimum atomic E-state index is -0.502. The third kappa shape index (κ3) is 3.98. The van der Waals surface area contributed by atoms with Gasteiger partial charge in [-0.25, -0.2) is 4.79 Å². The van der Waals surface area contributed by atoms with Crippen LogP contribution in [-0.4, -0.2) is 34.2 Å². The van der Waals surface area contributed by atoms with Crippen LogP contribution in [0.4, 0.5) is 4.79 Å². The number of fused-ring (bicyclic) bond motifs is 1. The number of hydrogen-bond acceptors (Lipinski definition) is 4. The zero-order valence-corrected chi connectivity index (χ0v) is 13.3. The van der Waals surface area contributed by atoms with Crippen LogP contribution in [0.1, 0.15) is 43.9 Å². The molecule has 0 unspecified atom stereocenters. The predicted molar refractivity (Wildman–Crippen MR) is 83.2 cm³/mol. The summed E-state index contributed by atoms with van der Waals surface area (Å²) in [5, 5.41) is 16.4. The van der Waals surface area contributed by atoms with Crippen LogP contribution in [0, 0.1) is 5.41 Å². The number of amides is 1. The van der Waals surface area contributed by atoms with Crippen LogP contribution in [-0.2, 0) is 17.7 Å². The highest BCUT2D eigenvalue weighted by Crippen LogP contribution is 2.22. The van der Waals surface area contributed by atoms with Crippen molar-refractivity contribution >= 4 is 11.9 Å². The van der Waals surface area contributed by atoms with E-state index < -0.39 is 5.60 Å². The summed E-state index contributed by atoms with van der Waals surface area (Å²) in [6, 6.07) is 5.56. The first-order chi connectivity index (χ1) is 10.3. The molecule has 0 bridgehead atoms. The number of hydrogen-bond donors (Lipinski definition) is 3. The van der Waals surface area contributed by atoms with Crippen molar-refractivity contribution in [3.05, 3.63) is 34.9 Å². The van der Waals surface area contributed by atoms with Crippen molar-refractivity contribution in [1.82, 2.24) is 10.4 Å². The molecule has 1 aromatic carbocycles. The highest BCUT2D eigenvalue weighted by molar-refractivity contribution is 5.95. The lowest BCUT2D eigenvalue weighted by Gasteiger charge is -2.26. The van der Waals surface area contributed by atoms with Gasteiger partial charge in [0.2, 0.25) is 0 Å². The molecule has 22 heavy (non-hydrogen) atoms. The van der Waals surface area contributed by atoms with E-state index >= 15 is 0 Å². The molecule has 1 aliphatic rings. The molecule has 1 aromatic rings. The molecule has 0 saturated heterocycles. The van der Waals surface area contributed by atoms with Gasteiger partial charge >= 0.3 is 6.09 Å². The Labute approximate surface area is 130 Å². The third-order valence-corrected chi connectivity index (χ3v) is 3.49. The van der Waals surface area contributed by atoms with Crippen LogP contribution in [0.25, 0.3) is 0 Å². The van der Waals surface area contributed by atoms with Crippen LogP contribution in [0.5, 0.6) is 0 Å². The van der Waals surface area contributed by atoms with E-state index in [-0.39, 0.29) is 11.9 Å². The highest BCUT2D eigenvalue weighted by Gasteiger charge is 2.24. The van der Waals surface area contributed by atoms with Gasteiger partial charge in [-0.05, 0) is 50.8 Å². The molecule has 6 heteroatoms. The van der Waals surface area contributed by atoms with Crippen LogP contribution >= 0.6 is 0 Å². The van der Waals surface area contributed by atoms with Crippen molar-refractivity contribution in [3.8, 4) is 0 Å². The summed E-state index contributed by atoms with van der Waals surface area (Å²) in [7, 11) is 0. The zero-order valence-electron chi connectivity index (χ0n) is 13.3. The molecule has 0 spiro atoms. The molecule has 3 N–H and O–H groups in total. The highest BCUT2D eigenvalue weighted by atomic mass is 16.6. The van der Waals surface area contributed by atoms with Gasteiger partial charge in [-0.3, -0.25) is 16.1 Å². The molecule has 1 aliphatic heterocycles. The fraction of sp³-hybridized carbons (Fsp3) is 0.500. The smallest absolute Gasteiger partial charge is 0.410 e. The number of nitrogens with zero attached hydrogens (tertiary/aromatic N) is 1. The Morgan fingerprint density at radius 3 is 2.73 bits per heavy atom. The number of nitrogens with one attached hydrogen (secondary N) is 2. The number of amidine groups is 1.